The molecule has 5 heteroatoms. The number of aliphatic carboxylic acids is 2. The van der Waals surface area contributed by atoms with Crippen LogP contribution in [0.1, 0.15) is 90.4 Å². The first-order valence-corrected chi connectivity index (χ1v) is 9.07. The van der Waals surface area contributed by atoms with E-state index in [-0.39, 0.29) is 12.8 Å². The van der Waals surface area contributed by atoms with Crippen LogP contribution in [0.2, 0.25) is 0 Å². The van der Waals surface area contributed by atoms with Gasteiger partial charge in [0, 0.05) is 18.7 Å². The number of carbonyl (C=O) groups is 2. The molecule has 22 heavy (non-hydrogen) atoms. The van der Waals surface area contributed by atoms with E-state index in [1.54, 1.807) is 0 Å². The third-order valence-electron chi connectivity index (χ3n) is 3.27. The summed E-state index contributed by atoms with van der Waals surface area (Å²) in [6.45, 7) is 2.17. The van der Waals surface area contributed by atoms with Gasteiger partial charge in [0.15, 0.2) is 0 Å². The highest BCUT2D eigenvalue weighted by Crippen LogP contribution is 2.10. The quantitative estimate of drug-likeness (QED) is 0.325. The summed E-state index contributed by atoms with van der Waals surface area (Å²) in [7, 11) is 0. The molecule has 0 fully saturated rings. The summed E-state index contributed by atoms with van der Waals surface area (Å²) in [5.74, 6) is -0.601. The predicted octanol–water partition coefficient (Wildman–Crippen LogP) is 5.47. The molecule has 0 bridgehead atoms. The molecule has 0 saturated heterocycles. The van der Waals surface area contributed by atoms with Crippen molar-refractivity contribution in [1.29, 1.82) is 0 Å². The van der Waals surface area contributed by atoms with Crippen LogP contribution in [0.5, 0.6) is 0 Å². The van der Waals surface area contributed by atoms with Gasteiger partial charge in [0.1, 0.15) is 0 Å². The fourth-order valence-electron chi connectivity index (χ4n) is 1.96. The molecule has 0 amide bonds. The summed E-state index contributed by atoms with van der Waals surface area (Å²) in [4.78, 5) is 20.4. The number of unbranched alkanes of at least 4 members (excludes halogenated alkanes) is 9. The molecule has 0 radical (unpaired) electrons. The molecule has 0 rings (SSSR count). The Labute approximate surface area is 140 Å². The minimum absolute atomic E-state index is 0.276. The highest BCUT2D eigenvalue weighted by molar-refractivity contribution is 6.17. The number of hydrogen-bond acceptors (Lipinski definition) is 2. The molecule has 0 aromatic heterocycles. The van der Waals surface area contributed by atoms with E-state index in [0.717, 1.165) is 57.2 Å². The Morgan fingerprint density at radius 2 is 1.05 bits per heavy atom. The molecule has 0 atom stereocenters. The second-order valence-corrected chi connectivity index (χ2v) is 5.89. The van der Waals surface area contributed by atoms with E-state index < -0.39 is 11.9 Å². The summed E-state index contributed by atoms with van der Waals surface area (Å²) in [5.41, 5.74) is 0. The summed E-state index contributed by atoms with van der Waals surface area (Å²) in [6, 6.07) is 0. The molecule has 0 aliphatic carbocycles. The number of rotatable bonds is 14. The lowest BCUT2D eigenvalue weighted by Gasteiger charge is -2.00. The summed E-state index contributed by atoms with van der Waals surface area (Å²) >= 11 is 5.38. The van der Waals surface area contributed by atoms with Gasteiger partial charge in [-0.15, -0.1) is 11.6 Å². The molecule has 132 valence electrons. The fourth-order valence-corrected chi connectivity index (χ4v) is 2.15. The van der Waals surface area contributed by atoms with Crippen LogP contribution in [0.25, 0.3) is 0 Å². The van der Waals surface area contributed by atoms with E-state index in [9.17, 15) is 9.59 Å². The Morgan fingerprint density at radius 1 is 0.682 bits per heavy atom. The molecule has 0 unspecified atom stereocenters. The van der Waals surface area contributed by atoms with Crippen LogP contribution in [0.4, 0.5) is 0 Å². The molecular weight excluding hydrogens is 304 g/mol. The Balaban J connectivity index is 0. The molecule has 0 heterocycles. The number of alkyl halides is 1. The van der Waals surface area contributed by atoms with Crippen LogP contribution in [0, 0.1) is 0 Å². The lowest BCUT2D eigenvalue weighted by molar-refractivity contribution is -0.138. The summed E-state index contributed by atoms with van der Waals surface area (Å²) in [6.07, 6.45) is 12.2. The van der Waals surface area contributed by atoms with Crippen molar-refractivity contribution in [2.24, 2.45) is 0 Å². The number of carboxylic acid groups (broad SMARTS) is 2. The Hall–Kier alpha value is -0.770. The molecular formula is C17H33ClO4. The standard InChI is InChI=1S/C12H22O4.C5H11Cl/c13-11(14)9-7-5-3-1-2-4-6-8-10-12(15)16;1-2-3-4-5-6/h1-10H2,(H,13,14)(H,15,16);2-5H2,1H3. The van der Waals surface area contributed by atoms with Gasteiger partial charge in [-0.05, 0) is 19.3 Å². The molecule has 0 aliphatic rings. The van der Waals surface area contributed by atoms with Crippen molar-refractivity contribution in [2.75, 3.05) is 5.88 Å². The second kappa shape index (κ2) is 20.2. The van der Waals surface area contributed by atoms with Crippen molar-refractivity contribution in [2.45, 2.75) is 90.4 Å². The average Bonchev–Trinajstić information content (AvgIpc) is 2.47. The van der Waals surface area contributed by atoms with Crippen LogP contribution in [-0.2, 0) is 9.59 Å². The molecule has 0 saturated carbocycles. The number of carboxylic acids is 2. The van der Waals surface area contributed by atoms with Gasteiger partial charge in [-0.1, -0.05) is 58.3 Å². The van der Waals surface area contributed by atoms with E-state index in [0.29, 0.717) is 0 Å². The van der Waals surface area contributed by atoms with Crippen molar-refractivity contribution in [3.63, 3.8) is 0 Å². The van der Waals surface area contributed by atoms with E-state index in [2.05, 4.69) is 6.92 Å². The van der Waals surface area contributed by atoms with Crippen molar-refractivity contribution in [3.05, 3.63) is 0 Å². The Kier molecular flexibility index (Phi) is 21.6. The largest absolute Gasteiger partial charge is 0.481 e. The van der Waals surface area contributed by atoms with E-state index >= 15 is 0 Å². The van der Waals surface area contributed by atoms with Crippen LogP contribution < -0.4 is 0 Å². The van der Waals surface area contributed by atoms with Gasteiger partial charge in [-0.25, -0.2) is 0 Å². The molecule has 2 N–H and O–H groups in total. The molecule has 4 nitrogen and oxygen atoms in total. The van der Waals surface area contributed by atoms with Crippen molar-refractivity contribution < 1.29 is 19.8 Å². The average molecular weight is 337 g/mol. The van der Waals surface area contributed by atoms with E-state index in [1.165, 1.54) is 19.3 Å². The number of halogens is 1. The maximum atomic E-state index is 10.2. The highest BCUT2D eigenvalue weighted by atomic mass is 35.5. The first-order valence-electron chi connectivity index (χ1n) is 8.54. The third-order valence-corrected chi connectivity index (χ3v) is 3.54. The van der Waals surface area contributed by atoms with Gasteiger partial charge in [0.25, 0.3) is 0 Å². The van der Waals surface area contributed by atoms with E-state index in [1.807, 2.05) is 0 Å². The topological polar surface area (TPSA) is 74.6 Å². The minimum atomic E-state index is -0.714. The Bertz CT molecular complexity index is 231. The van der Waals surface area contributed by atoms with Gasteiger partial charge < -0.3 is 10.2 Å². The van der Waals surface area contributed by atoms with E-state index in [4.69, 9.17) is 21.8 Å². The van der Waals surface area contributed by atoms with Gasteiger partial charge in [0.2, 0.25) is 0 Å². The van der Waals surface area contributed by atoms with Crippen molar-refractivity contribution >= 4 is 23.5 Å². The molecule has 0 spiro atoms. The zero-order valence-electron chi connectivity index (χ0n) is 14.0. The molecule has 0 aromatic rings. The zero-order valence-corrected chi connectivity index (χ0v) is 14.7. The smallest absolute Gasteiger partial charge is 0.303 e. The monoisotopic (exact) mass is 336 g/mol. The first-order chi connectivity index (χ1) is 10.5. The molecule has 0 aliphatic heterocycles. The third kappa shape index (κ3) is 27.6. The minimum Gasteiger partial charge on any atom is -0.481 e. The van der Waals surface area contributed by atoms with Crippen LogP contribution in [0.3, 0.4) is 0 Å². The first kappa shape index (κ1) is 23.5. The van der Waals surface area contributed by atoms with Gasteiger partial charge in [0.05, 0.1) is 0 Å². The van der Waals surface area contributed by atoms with Crippen molar-refractivity contribution in [1.82, 2.24) is 0 Å². The lowest BCUT2D eigenvalue weighted by Crippen LogP contribution is -1.94. The van der Waals surface area contributed by atoms with Crippen molar-refractivity contribution in [3.8, 4) is 0 Å². The fraction of sp³-hybridized carbons (Fsp3) is 0.882. The summed E-state index contributed by atoms with van der Waals surface area (Å²) in [5, 5.41) is 16.8. The maximum absolute atomic E-state index is 10.2. The predicted molar refractivity (Wildman–Crippen MR) is 91.7 cm³/mol. The maximum Gasteiger partial charge on any atom is 0.303 e. The molecule has 0 aromatic carbocycles. The summed E-state index contributed by atoms with van der Waals surface area (Å²) < 4.78 is 0. The zero-order chi connectivity index (χ0) is 17.1. The number of hydrogen-bond donors (Lipinski definition) is 2. The van der Waals surface area contributed by atoms with Gasteiger partial charge in [-0.2, -0.15) is 0 Å². The SMILES string of the molecule is CCCCCCl.O=C(O)CCCCCCCCCCC(=O)O. The Morgan fingerprint density at radius 3 is 1.27 bits per heavy atom. The second-order valence-electron chi connectivity index (χ2n) is 5.51. The normalized spacial score (nSPS) is 9.91. The highest BCUT2D eigenvalue weighted by Gasteiger charge is 1.98. The van der Waals surface area contributed by atoms with Gasteiger partial charge >= 0.3 is 11.9 Å². The van der Waals surface area contributed by atoms with Crippen LogP contribution in [-0.4, -0.2) is 28.0 Å². The van der Waals surface area contributed by atoms with Crippen LogP contribution in [0.15, 0.2) is 0 Å². The van der Waals surface area contributed by atoms with Gasteiger partial charge in [-0.3, -0.25) is 9.59 Å². The lowest BCUT2D eigenvalue weighted by atomic mass is 10.1. The van der Waals surface area contributed by atoms with Crippen LogP contribution >= 0.6 is 11.6 Å².